The molecular weight excluding hydrogens is 252 g/mol. The number of hydrogen-bond donors (Lipinski definition) is 1. The van der Waals surface area contributed by atoms with Crippen molar-refractivity contribution in [1.29, 1.82) is 0 Å². The summed E-state index contributed by atoms with van der Waals surface area (Å²) in [4.78, 5) is 6.97. The molecule has 1 aromatic rings. The summed E-state index contributed by atoms with van der Waals surface area (Å²) in [7, 11) is 3.95. The third kappa shape index (κ3) is 4.49. The Morgan fingerprint density at radius 1 is 1.40 bits per heavy atom. The Labute approximate surface area is 122 Å². The molecular formula is C15H28N4O. The topological polar surface area (TPSA) is 42.3 Å². The van der Waals surface area contributed by atoms with Crippen molar-refractivity contribution in [2.24, 2.45) is 5.92 Å². The number of nitrogens with one attached hydrogen (secondary N) is 1. The van der Waals surface area contributed by atoms with Gasteiger partial charge in [-0.15, -0.1) is 0 Å². The van der Waals surface area contributed by atoms with E-state index in [4.69, 9.17) is 4.74 Å². The number of imidazole rings is 1. The minimum atomic E-state index is 0.722. The van der Waals surface area contributed by atoms with E-state index in [0.717, 1.165) is 37.3 Å². The predicted octanol–water partition coefficient (Wildman–Crippen LogP) is 1.98. The summed E-state index contributed by atoms with van der Waals surface area (Å²) >= 11 is 0. The predicted molar refractivity (Wildman–Crippen MR) is 82.2 cm³/mol. The zero-order valence-electron chi connectivity index (χ0n) is 13.1. The van der Waals surface area contributed by atoms with Crippen LogP contribution in [0.1, 0.15) is 25.0 Å². The zero-order valence-corrected chi connectivity index (χ0v) is 13.1. The van der Waals surface area contributed by atoms with Crippen molar-refractivity contribution in [3.05, 3.63) is 11.9 Å². The van der Waals surface area contributed by atoms with Gasteiger partial charge in [-0.05, 0) is 52.2 Å². The molecule has 0 saturated carbocycles. The van der Waals surface area contributed by atoms with E-state index >= 15 is 0 Å². The third-order valence-corrected chi connectivity index (χ3v) is 4.11. The molecule has 20 heavy (non-hydrogen) atoms. The molecule has 0 aliphatic carbocycles. The van der Waals surface area contributed by atoms with Crippen LogP contribution in [0.4, 0.5) is 5.95 Å². The highest BCUT2D eigenvalue weighted by Crippen LogP contribution is 2.19. The molecule has 1 aliphatic heterocycles. The van der Waals surface area contributed by atoms with E-state index in [1.54, 1.807) is 7.11 Å². The summed E-state index contributed by atoms with van der Waals surface area (Å²) in [5.74, 6) is 1.84. The SMILES string of the molecule is COCCn1cc(C)nc1NCCC1CCN(C)CC1. The molecule has 0 aromatic carbocycles. The van der Waals surface area contributed by atoms with E-state index in [9.17, 15) is 0 Å². The summed E-state index contributed by atoms with van der Waals surface area (Å²) < 4.78 is 7.28. The molecule has 0 spiro atoms. The number of ether oxygens (including phenoxy) is 1. The highest BCUT2D eigenvalue weighted by Gasteiger charge is 2.16. The first-order chi connectivity index (χ1) is 9.69. The van der Waals surface area contributed by atoms with Gasteiger partial charge in [-0.3, -0.25) is 0 Å². The molecule has 1 N–H and O–H groups in total. The molecule has 2 heterocycles. The minimum absolute atomic E-state index is 0.722. The van der Waals surface area contributed by atoms with E-state index in [2.05, 4.69) is 33.0 Å². The lowest BCUT2D eigenvalue weighted by Gasteiger charge is -2.28. The van der Waals surface area contributed by atoms with Crippen molar-refractivity contribution in [3.63, 3.8) is 0 Å². The van der Waals surface area contributed by atoms with Gasteiger partial charge < -0.3 is 19.5 Å². The summed E-state index contributed by atoms with van der Waals surface area (Å²) in [6.45, 7) is 7.11. The second-order valence-corrected chi connectivity index (χ2v) is 5.85. The Balaban J connectivity index is 1.75. The normalized spacial score (nSPS) is 17.6. The van der Waals surface area contributed by atoms with Gasteiger partial charge in [0, 0.05) is 26.4 Å². The van der Waals surface area contributed by atoms with Crippen LogP contribution in [0, 0.1) is 12.8 Å². The average Bonchev–Trinajstić information content (AvgIpc) is 2.79. The molecule has 0 atom stereocenters. The van der Waals surface area contributed by atoms with Crippen molar-refractivity contribution >= 4 is 5.95 Å². The molecule has 114 valence electrons. The van der Waals surface area contributed by atoms with E-state index in [1.807, 2.05) is 6.92 Å². The van der Waals surface area contributed by atoms with E-state index in [0.29, 0.717) is 0 Å². The standard InChI is InChI=1S/C15H28N4O/c1-13-12-19(10-11-20-3)15(17-13)16-7-4-14-5-8-18(2)9-6-14/h12,14H,4-11H2,1-3H3,(H,16,17). The van der Waals surface area contributed by atoms with Gasteiger partial charge in [0.15, 0.2) is 0 Å². The fraction of sp³-hybridized carbons (Fsp3) is 0.800. The Hall–Kier alpha value is -1.07. The number of hydrogen-bond acceptors (Lipinski definition) is 4. The van der Waals surface area contributed by atoms with Crippen LogP contribution >= 0.6 is 0 Å². The number of likely N-dealkylation sites (tertiary alicyclic amines) is 1. The third-order valence-electron chi connectivity index (χ3n) is 4.11. The molecule has 5 nitrogen and oxygen atoms in total. The molecule has 1 aromatic heterocycles. The van der Waals surface area contributed by atoms with Gasteiger partial charge in [0.25, 0.3) is 0 Å². The lowest BCUT2D eigenvalue weighted by Crippen LogP contribution is -2.31. The van der Waals surface area contributed by atoms with Crippen molar-refractivity contribution < 1.29 is 4.74 Å². The number of rotatable bonds is 7. The second-order valence-electron chi connectivity index (χ2n) is 5.85. The first-order valence-corrected chi connectivity index (χ1v) is 7.64. The maximum absolute atomic E-state index is 5.14. The van der Waals surface area contributed by atoms with Crippen LogP contribution < -0.4 is 5.32 Å². The van der Waals surface area contributed by atoms with Gasteiger partial charge in [0.2, 0.25) is 5.95 Å². The van der Waals surface area contributed by atoms with Crippen LogP contribution in [-0.2, 0) is 11.3 Å². The summed E-state index contributed by atoms with van der Waals surface area (Å²) in [5, 5.41) is 3.48. The molecule has 0 amide bonds. The summed E-state index contributed by atoms with van der Waals surface area (Å²) in [6.07, 6.45) is 5.98. The Morgan fingerprint density at radius 2 is 2.15 bits per heavy atom. The highest BCUT2D eigenvalue weighted by molar-refractivity contribution is 5.28. The van der Waals surface area contributed by atoms with Crippen molar-refractivity contribution in [2.45, 2.75) is 32.7 Å². The second kappa shape index (κ2) is 7.64. The Kier molecular flexibility index (Phi) is 5.86. The molecule has 2 rings (SSSR count). The fourth-order valence-electron chi connectivity index (χ4n) is 2.79. The van der Waals surface area contributed by atoms with Crippen molar-refractivity contribution in [1.82, 2.24) is 14.5 Å². The van der Waals surface area contributed by atoms with Gasteiger partial charge in [-0.1, -0.05) is 0 Å². The van der Waals surface area contributed by atoms with E-state index in [1.165, 1.54) is 32.4 Å². The van der Waals surface area contributed by atoms with Gasteiger partial charge >= 0.3 is 0 Å². The monoisotopic (exact) mass is 280 g/mol. The number of aryl methyl sites for hydroxylation is 1. The van der Waals surface area contributed by atoms with E-state index in [-0.39, 0.29) is 0 Å². The lowest BCUT2D eigenvalue weighted by atomic mass is 9.94. The zero-order chi connectivity index (χ0) is 14.4. The quantitative estimate of drug-likeness (QED) is 0.829. The Bertz CT molecular complexity index is 397. The fourth-order valence-corrected chi connectivity index (χ4v) is 2.79. The Morgan fingerprint density at radius 3 is 2.85 bits per heavy atom. The maximum atomic E-state index is 5.14. The summed E-state index contributed by atoms with van der Waals surface area (Å²) in [5.41, 5.74) is 1.06. The van der Waals surface area contributed by atoms with Crippen LogP contribution in [0.25, 0.3) is 0 Å². The number of nitrogens with zero attached hydrogens (tertiary/aromatic N) is 3. The number of methoxy groups -OCH3 is 1. The number of aromatic nitrogens is 2. The van der Waals surface area contributed by atoms with Gasteiger partial charge in [0.1, 0.15) is 0 Å². The molecule has 5 heteroatoms. The molecule has 0 unspecified atom stereocenters. The molecule has 1 saturated heterocycles. The lowest BCUT2D eigenvalue weighted by molar-refractivity contribution is 0.187. The van der Waals surface area contributed by atoms with Crippen LogP contribution in [0.2, 0.25) is 0 Å². The van der Waals surface area contributed by atoms with Crippen molar-refractivity contribution in [3.8, 4) is 0 Å². The molecule has 0 radical (unpaired) electrons. The van der Waals surface area contributed by atoms with Crippen LogP contribution in [0.5, 0.6) is 0 Å². The first-order valence-electron chi connectivity index (χ1n) is 7.64. The minimum Gasteiger partial charge on any atom is -0.383 e. The highest BCUT2D eigenvalue weighted by atomic mass is 16.5. The summed E-state index contributed by atoms with van der Waals surface area (Å²) in [6, 6.07) is 0. The van der Waals surface area contributed by atoms with Gasteiger partial charge in [0.05, 0.1) is 12.3 Å². The number of anilines is 1. The number of piperidine rings is 1. The van der Waals surface area contributed by atoms with Crippen LogP contribution in [0.15, 0.2) is 6.20 Å². The van der Waals surface area contributed by atoms with Crippen LogP contribution in [-0.4, -0.2) is 54.8 Å². The first kappa shape index (κ1) is 15.3. The van der Waals surface area contributed by atoms with Gasteiger partial charge in [-0.25, -0.2) is 4.98 Å². The van der Waals surface area contributed by atoms with Crippen molar-refractivity contribution in [2.75, 3.05) is 45.7 Å². The van der Waals surface area contributed by atoms with E-state index < -0.39 is 0 Å². The molecule has 1 fully saturated rings. The van der Waals surface area contributed by atoms with Gasteiger partial charge in [-0.2, -0.15) is 0 Å². The largest absolute Gasteiger partial charge is 0.383 e. The average molecular weight is 280 g/mol. The van der Waals surface area contributed by atoms with Crippen LogP contribution in [0.3, 0.4) is 0 Å². The maximum Gasteiger partial charge on any atom is 0.203 e. The molecule has 1 aliphatic rings. The smallest absolute Gasteiger partial charge is 0.203 e. The molecule has 0 bridgehead atoms.